The van der Waals surface area contributed by atoms with Crippen LogP contribution in [0, 0.1) is 0 Å². The molecule has 0 saturated heterocycles. The van der Waals surface area contributed by atoms with Crippen LogP contribution in [0.1, 0.15) is 11.1 Å². The Morgan fingerprint density at radius 3 is 2.76 bits per heavy atom. The summed E-state index contributed by atoms with van der Waals surface area (Å²) in [5.74, 6) is 0. The molecule has 0 spiro atoms. The van der Waals surface area contributed by atoms with E-state index in [1.165, 1.54) is 16.5 Å². The molecule has 0 aliphatic heterocycles. The zero-order valence-corrected chi connectivity index (χ0v) is 13.2. The van der Waals surface area contributed by atoms with E-state index in [4.69, 9.17) is 23.2 Å². The first-order valence-corrected chi connectivity index (χ1v) is 7.60. The molecular formula is C17H16Cl2N2. The van der Waals surface area contributed by atoms with Crippen LogP contribution in [0.4, 0.5) is 0 Å². The molecule has 0 unspecified atom stereocenters. The molecule has 2 nitrogen and oxygen atoms in total. The van der Waals surface area contributed by atoms with Crippen molar-refractivity contribution in [2.45, 2.75) is 13.1 Å². The van der Waals surface area contributed by atoms with Gasteiger partial charge in [0.25, 0.3) is 0 Å². The molecule has 3 aromatic rings. The molecule has 1 N–H and O–H groups in total. The number of hydrogen-bond donors (Lipinski definition) is 1. The van der Waals surface area contributed by atoms with Crippen LogP contribution in [0.15, 0.2) is 48.7 Å². The molecule has 0 aliphatic carbocycles. The van der Waals surface area contributed by atoms with Crippen molar-refractivity contribution in [2.75, 3.05) is 7.05 Å². The van der Waals surface area contributed by atoms with Crippen LogP contribution in [0.3, 0.4) is 0 Å². The largest absolute Gasteiger partial charge is 0.343 e. The SMILES string of the molecule is CNCc1ccc2c(ccn2Cc2cccc(Cl)c2Cl)c1. The Hall–Kier alpha value is -1.48. The predicted octanol–water partition coefficient (Wildman–Crippen LogP) is 4.72. The lowest BCUT2D eigenvalue weighted by Crippen LogP contribution is -2.04. The maximum atomic E-state index is 6.27. The van der Waals surface area contributed by atoms with Gasteiger partial charge in [-0.1, -0.05) is 41.4 Å². The van der Waals surface area contributed by atoms with Gasteiger partial charge in [-0.25, -0.2) is 0 Å². The minimum absolute atomic E-state index is 0.599. The highest BCUT2D eigenvalue weighted by molar-refractivity contribution is 6.42. The Balaban J connectivity index is 1.96. The first kappa shape index (κ1) is 14.5. The first-order chi connectivity index (χ1) is 10.2. The van der Waals surface area contributed by atoms with Crippen LogP contribution < -0.4 is 5.32 Å². The summed E-state index contributed by atoms with van der Waals surface area (Å²) in [6, 6.07) is 14.4. The maximum Gasteiger partial charge on any atom is 0.0642 e. The average molecular weight is 319 g/mol. The average Bonchev–Trinajstić information content (AvgIpc) is 2.87. The summed E-state index contributed by atoms with van der Waals surface area (Å²) >= 11 is 12.4. The summed E-state index contributed by atoms with van der Waals surface area (Å²) in [4.78, 5) is 0. The van der Waals surface area contributed by atoms with Crippen molar-refractivity contribution in [3.63, 3.8) is 0 Å². The monoisotopic (exact) mass is 318 g/mol. The molecular weight excluding hydrogens is 303 g/mol. The smallest absolute Gasteiger partial charge is 0.0642 e. The van der Waals surface area contributed by atoms with Gasteiger partial charge in [0.15, 0.2) is 0 Å². The Morgan fingerprint density at radius 2 is 1.95 bits per heavy atom. The Morgan fingerprint density at radius 1 is 1.10 bits per heavy atom. The van der Waals surface area contributed by atoms with Crippen molar-refractivity contribution in [1.29, 1.82) is 0 Å². The lowest BCUT2D eigenvalue weighted by atomic mass is 10.1. The van der Waals surface area contributed by atoms with Crippen molar-refractivity contribution in [3.05, 3.63) is 69.8 Å². The highest BCUT2D eigenvalue weighted by atomic mass is 35.5. The molecule has 4 heteroatoms. The van der Waals surface area contributed by atoms with Gasteiger partial charge in [0.05, 0.1) is 10.0 Å². The molecule has 0 amide bonds. The van der Waals surface area contributed by atoms with Crippen molar-refractivity contribution < 1.29 is 0 Å². The number of hydrogen-bond acceptors (Lipinski definition) is 1. The number of benzene rings is 2. The second-order valence-corrected chi connectivity index (χ2v) is 5.87. The fraction of sp³-hybridized carbons (Fsp3) is 0.176. The van der Waals surface area contributed by atoms with Crippen LogP contribution >= 0.6 is 23.2 Å². The number of fused-ring (bicyclic) bond motifs is 1. The molecule has 1 aromatic heterocycles. The van der Waals surface area contributed by atoms with Gasteiger partial charge in [0.1, 0.15) is 0 Å². The van der Waals surface area contributed by atoms with Gasteiger partial charge < -0.3 is 9.88 Å². The predicted molar refractivity (Wildman–Crippen MR) is 90.3 cm³/mol. The van der Waals surface area contributed by atoms with Crippen molar-refractivity contribution >= 4 is 34.1 Å². The van der Waals surface area contributed by atoms with E-state index in [2.05, 4.69) is 40.3 Å². The van der Waals surface area contributed by atoms with Crippen molar-refractivity contribution in [2.24, 2.45) is 0 Å². The summed E-state index contributed by atoms with van der Waals surface area (Å²) in [7, 11) is 1.95. The summed E-state index contributed by atoms with van der Waals surface area (Å²) in [6.07, 6.45) is 2.09. The third-order valence-corrected chi connectivity index (χ3v) is 4.45. The van der Waals surface area contributed by atoms with E-state index in [0.717, 1.165) is 12.1 Å². The third-order valence-electron chi connectivity index (χ3n) is 3.59. The molecule has 0 aliphatic rings. The molecule has 3 rings (SSSR count). The van der Waals surface area contributed by atoms with Crippen LogP contribution in [0.25, 0.3) is 10.9 Å². The van der Waals surface area contributed by atoms with Crippen LogP contribution in [0.2, 0.25) is 10.0 Å². The zero-order valence-electron chi connectivity index (χ0n) is 11.7. The Bertz CT molecular complexity index is 778. The molecule has 0 saturated carbocycles. The maximum absolute atomic E-state index is 6.27. The number of nitrogens with one attached hydrogen (secondary N) is 1. The minimum Gasteiger partial charge on any atom is -0.343 e. The summed E-state index contributed by atoms with van der Waals surface area (Å²) < 4.78 is 2.19. The number of rotatable bonds is 4. The van der Waals surface area contributed by atoms with Gasteiger partial charge >= 0.3 is 0 Å². The molecule has 108 valence electrons. The second kappa shape index (κ2) is 6.10. The topological polar surface area (TPSA) is 17.0 Å². The summed E-state index contributed by atoms with van der Waals surface area (Å²) in [6.45, 7) is 1.59. The molecule has 21 heavy (non-hydrogen) atoms. The van der Waals surface area contributed by atoms with E-state index in [1.807, 2.05) is 25.2 Å². The minimum atomic E-state index is 0.599. The molecule has 0 atom stereocenters. The number of aromatic nitrogens is 1. The highest BCUT2D eigenvalue weighted by Crippen LogP contribution is 2.27. The van der Waals surface area contributed by atoms with Gasteiger partial charge in [0, 0.05) is 24.8 Å². The Labute approximate surface area is 134 Å². The first-order valence-electron chi connectivity index (χ1n) is 6.84. The summed E-state index contributed by atoms with van der Waals surface area (Å²) in [5.41, 5.74) is 3.51. The molecule has 0 radical (unpaired) electrons. The van der Waals surface area contributed by atoms with E-state index in [-0.39, 0.29) is 0 Å². The number of nitrogens with zero attached hydrogens (tertiary/aromatic N) is 1. The highest BCUT2D eigenvalue weighted by Gasteiger charge is 2.07. The lowest BCUT2D eigenvalue weighted by molar-refractivity contribution is 0.817. The van der Waals surface area contributed by atoms with Crippen LogP contribution in [-0.2, 0) is 13.1 Å². The van der Waals surface area contributed by atoms with Gasteiger partial charge in [0.2, 0.25) is 0 Å². The third kappa shape index (κ3) is 2.93. The van der Waals surface area contributed by atoms with E-state index in [0.29, 0.717) is 16.6 Å². The second-order valence-electron chi connectivity index (χ2n) is 5.08. The molecule has 0 bridgehead atoms. The quantitative estimate of drug-likeness (QED) is 0.736. The molecule has 1 heterocycles. The van der Waals surface area contributed by atoms with Crippen LogP contribution in [0.5, 0.6) is 0 Å². The van der Waals surface area contributed by atoms with E-state index in [9.17, 15) is 0 Å². The fourth-order valence-corrected chi connectivity index (χ4v) is 2.94. The van der Waals surface area contributed by atoms with Crippen molar-refractivity contribution in [3.8, 4) is 0 Å². The van der Waals surface area contributed by atoms with E-state index >= 15 is 0 Å². The van der Waals surface area contributed by atoms with E-state index in [1.54, 1.807) is 0 Å². The number of halogens is 2. The van der Waals surface area contributed by atoms with Gasteiger partial charge in [-0.05, 0) is 47.8 Å². The van der Waals surface area contributed by atoms with Crippen molar-refractivity contribution in [1.82, 2.24) is 9.88 Å². The fourth-order valence-electron chi connectivity index (χ4n) is 2.56. The standard InChI is InChI=1S/C17H16Cl2N2/c1-20-10-12-5-6-16-13(9-12)7-8-21(16)11-14-3-2-4-15(18)17(14)19/h2-9,20H,10-11H2,1H3. The molecule has 2 aromatic carbocycles. The van der Waals surface area contributed by atoms with Crippen LogP contribution in [-0.4, -0.2) is 11.6 Å². The normalized spacial score (nSPS) is 11.2. The lowest BCUT2D eigenvalue weighted by Gasteiger charge is -2.09. The molecule has 0 fully saturated rings. The summed E-state index contributed by atoms with van der Waals surface area (Å²) in [5, 5.41) is 5.64. The van der Waals surface area contributed by atoms with Gasteiger partial charge in [-0.2, -0.15) is 0 Å². The zero-order chi connectivity index (χ0) is 14.8. The van der Waals surface area contributed by atoms with E-state index < -0.39 is 0 Å². The van der Waals surface area contributed by atoms with Gasteiger partial charge in [-0.3, -0.25) is 0 Å². The van der Waals surface area contributed by atoms with Gasteiger partial charge in [-0.15, -0.1) is 0 Å². The Kier molecular flexibility index (Phi) is 4.20.